The van der Waals surface area contributed by atoms with Gasteiger partial charge in [-0.3, -0.25) is 0 Å². The van der Waals surface area contributed by atoms with Crippen molar-refractivity contribution >= 4 is 23.2 Å². The first-order chi connectivity index (χ1) is 6.00. The van der Waals surface area contributed by atoms with Crippen molar-refractivity contribution in [1.29, 1.82) is 0 Å². The van der Waals surface area contributed by atoms with Gasteiger partial charge in [-0.25, -0.2) is 4.39 Å². The lowest BCUT2D eigenvalue weighted by Crippen LogP contribution is -1.96. The van der Waals surface area contributed by atoms with Gasteiger partial charge in [0.05, 0.1) is 0 Å². The molecule has 0 fully saturated rings. The Balaban J connectivity index is 3.06. The Morgan fingerprint density at radius 1 is 1.23 bits per heavy atom. The molecule has 0 saturated heterocycles. The predicted octanol–water partition coefficient (Wildman–Crippen LogP) is 4.33. The van der Waals surface area contributed by atoms with Crippen LogP contribution in [0.4, 0.5) is 4.39 Å². The summed E-state index contributed by atoms with van der Waals surface area (Å²) in [5.74, 6) is 0.0722. The van der Waals surface area contributed by atoms with Gasteiger partial charge in [-0.05, 0) is 30.0 Å². The zero-order valence-corrected chi connectivity index (χ0v) is 9.08. The maximum Gasteiger partial charge on any atom is 0.126 e. The number of hydrogen-bond donors (Lipinski definition) is 0. The van der Waals surface area contributed by atoms with Crippen LogP contribution in [0.25, 0.3) is 0 Å². The molecular weight excluding hydrogens is 210 g/mol. The molecule has 1 rings (SSSR count). The predicted molar refractivity (Wildman–Crippen MR) is 55.0 cm³/mol. The van der Waals surface area contributed by atoms with Gasteiger partial charge in [-0.1, -0.05) is 37.0 Å². The van der Waals surface area contributed by atoms with Gasteiger partial charge in [0.2, 0.25) is 0 Å². The Labute approximate surface area is 87.7 Å². The van der Waals surface area contributed by atoms with E-state index in [-0.39, 0.29) is 5.82 Å². The topological polar surface area (TPSA) is 0 Å². The van der Waals surface area contributed by atoms with Crippen molar-refractivity contribution in [2.75, 3.05) is 0 Å². The van der Waals surface area contributed by atoms with Crippen molar-refractivity contribution in [2.45, 2.75) is 20.3 Å². The van der Waals surface area contributed by atoms with E-state index in [2.05, 4.69) is 13.8 Å². The standard InChI is InChI=1S/C10H11Cl2F/c1-6(2)3-8-9(11)4-7(13)5-10(8)12/h4-6H,3H2,1-2H3. The fourth-order valence-electron chi connectivity index (χ4n) is 1.18. The molecule has 3 heteroatoms. The van der Waals surface area contributed by atoms with Crippen LogP contribution in [0, 0.1) is 11.7 Å². The zero-order valence-electron chi connectivity index (χ0n) is 7.57. The molecule has 0 radical (unpaired) electrons. The van der Waals surface area contributed by atoms with E-state index in [1.165, 1.54) is 12.1 Å². The molecular formula is C10H11Cl2F. The third kappa shape index (κ3) is 2.85. The largest absolute Gasteiger partial charge is 0.207 e. The summed E-state index contributed by atoms with van der Waals surface area (Å²) in [6.45, 7) is 4.13. The second kappa shape index (κ2) is 4.30. The third-order valence-electron chi connectivity index (χ3n) is 1.72. The number of halogens is 3. The Morgan fingerprint density at radius 3 is 2.08 bits per heavy atom. The minimum Gasteiger partial charge on any atom is -0.207 e. The summed E-state index contributed by atoms with van der Waals surface area (Å²) in [7, 11) is 0. The van der Waals surface area contributed by atoms with E-state index >= 15 is 0 Å². The molecule has 0 saturated carbocycles. The van der Waals surface area contributed by atoms with Crippen molar-refractivity contribution in [2.24, 2.45) is 5.92 Å². The van der Waals surface area contributed by atoms with Gasteiger partial charge in [-0.2, -0.15) is 0 Å². The van der Waals surface area contributed by atoms with Crippen molar-refractivity contribution in [1.82, 2.24) is 0 Å². The minimum atomic E-state index is -0.387. The van der Waals surface area contributed by atoms with E-state index in [4.69, 9.17) is 23.2 Å². The number of rotatable bonds is 2. The van der Waals surface area contributed by atoms with E-state index in [1.54, 1.807) is 0 Å². The van der Waals surface area contributed by atoms with E-state index < -0.39 is 0 Å². The second-order valence-corrected chi connectivity index (χ2v) is 4.26. The van der Waals surface area contributed by atoms with Crippen LogP contribution < -0.4 is 0 Å². The molecule has 0 spiro atoms. The van der Waals surface area contributed by atoms with Gasteiger partial charge < -0.3 is 0 Å². The average Bonchev–Trinajstić information content (AvgIpc) is 1.96. The van der Waals surface area contributed by atoms with Gasteiger partial charge >= 0.3 is 0 Å². The molecule has 0 heterocycles. The smallest absolute Gasteiger partial charge is 0.126 e. The molecule has 1 aromatic rings. The molecule has 72 valence electrons. The Hall–Kier alpha value is -0.270. The van der Waals surface area contributed by atoms with Crippen molar-refractivity contribution in [3.63, 3.8) is 0 Å². The maximum atomic E-state index is 12.8. The van der Waals surface area contributed by atoms with E-state index in [0.717, 1.165) is 12.0 Å². The average molecular weight is 221 g/mol. The normalized spacial score (nSPS) is 10.9. The van der Waals surface area contributed by atoms with Crippen molar-refractivity contribution < 1.29 is 4.39 Å². The summed E-state index contributed by atoms with van der Waals surface area (Å²) >= 11 is 11.7. The Morgan fingerprint density at radius 2 is 1.69 bits per heavy atom. The summed E-state index contributed by atoms with van der Waals surface area (Å²) in [6.07, 6.45) is 0.776. The van der Waals surface area contributed by atoms with Crippen molar-refractivity contribution in [3.8, 4) is 0 Å². The lowest BCUT2D eigenvalue weighted by molar-refractivity contribution is 0.621. The Bertz CT molecular complexity index is 285. The lowest BCUT2D eigenvalue weighted by Gasteiger charge is -2.09. The molecule has 0 N–H and O–H groups in total. The maximum absolute atomic E-state index is 12.8. The summed E-state index contributed by atoms with van der Waals surface area (Å²) in [5, 5.41) is 0.831. The van der Waals surface area contributed by atoms with Gasteiger partial charge in [-0.15, -0.1) is 0 Å². The highest BCUT2D eigenvalue weighted by atomic mass is 35.5. The highest BCUT2D eigenvalue weighted by Crippen LogP contribution is 2.28. The fraction of sp³-hybridized carbons (Fsp3) is 0.400. The second-order valence-electron chi connectivity index (χ2n) is 3.45. The lowest BCUT2D eigenvalue weighted by atomic mass is 10.0. The summed E-state index contributed by atoms with van der Waals surface area (Å²) in [6, 6.07) is 2.59. The van der Waals surface area contributed by atoms with Crippen LogP contribution in [0.1, 0.15) is 19.4 Å². The quantitative estimate of drug-likeness (QED) is 0.697. The van der Waals surface area contributed by atoms with Crippen LogP contribution >= 0.6 is 23.2 Å². The highest BCUT2D eigenvalue weighted by molar-refractivity contribution is 6.36. The molecule has 1 aromatic carbocycles. The fourth-order valence-corrected chi connectivity index (χ4v) is 1.79. The van der Waals surface area contributed by atoms with Crippen LogP contribution in [0.3, 0.4) is 0 Å². The molecule has 0 unspecified atom stereocenters. The SMILES string of the molecule is CC(C)Cc1c(Cl)cc(F)cc1Cl. The molecule has 13 heavy (non-hydrogen) atoms. The Kier molecular flexibility index (Phi) is 3.57. The zero-order chi connectivity index (χ0) is 10.0. The highest BCUT2D eigenvalue weighted by Gasteiger charge is 2.09. The van der Waals surface area contributed by atoms with E-state index in [0.29, 0.717) is 16.0 Å². The molecule has 0 aromatic heterocycles. The number of hydrogen-bond acceptors (Lipinski definition) is 0. The first kappa shape index (κ1) is 10.8. The summed E-state index contributed by atoms with van der Waals surface area (Å²) in [5.41, 5.74) is 0.833. The molecule has 0 aliphatic carbocycles. The molecule has 0 nitrogen and oxygen atoms in total. The van der Waals surface area contributed by atoms with Crippen molar-refractivity contribution in [3.05, 3.63) is 33.6 Å². The third-order valence-corrected chi connectivity index (χ3v) is 2.39. The molecule has 0 amide bonds. The minimum absolute atomic E-state index is 0.387. The van der Waals surface area contributed by atoms with Crippen LogP contribution in [0.15, 0.2) is 12.1 Å². The monoisotopic (exact) mass is 220 g/mol. The van der Waals surface area contributed by atoms with Gasteiger partial charge in [0.25, 0.3) is 0 Å². The summed E-state index contributed by atoms with van der Waals surface area (Å²) in [4.78, 5) is 0. The van der Waals surface area contributed by atoms with E-state index in [1.807, 2.05) is 0 Å². The van der Waals surface area contributed by atoms with Gasteiger partial charge in [0.1, 0.15) is 5.82 Å². The molecule has 0 atom stereocenters. The van der Waals surface area contributed by atoms with Gasteiger partial charge in [0.15, 0.2) is 0 Å². The molecule has 0 aliphatic heterocycles. The molecule has 0 aliphatic rings. The van der Waals surface area contributed by atoms with Crippen LogP contribution in [0.2, 0.25) is 10.0 Å². The first-order valence-electron chi connectivity index (χ1n) is 4.14. The van der Waals surface area contributed by atoms with E-state index in [9.17, 15) is 4.39 Å². The number of benzene rings is 1. The van der Waals surface area contributed by atoms with Crippen LogP contribution in [-0.2, 0) is 6.42 Å². The molecule has 0 bridgehead atoms. The summed E-state index contributed by atoms with van der Waals surface area (Å²) < 4.78 is 12.8. The van der Waals surface area contributed by atoms with Crippen LogP contribution in [-0.4, -0.2) is 0 Å². The first-order valence-corrected chi connectivity index (χ1v) is 4.89. The van der Waals surface area contributed by atoms with Gasteiger partial charge in [0, 0.05) is 10.0 Å². The van der Waals surface area contributed by atoms with Crippen LogP contribution in [0.5, 0.6) is 0 Å².